The van der Waals surface area contributed by atoms with Crippen molar-refractivity contribution >= 4 is 11.8 Å². The lowest BCUT2D eigenvalue weighted by atomic mass is 9.44. The highest BCUT2D eigenvalue weighted by atomic mass is 16.6. The Morgan fingerprint density at radius 3 is 2.55 bits per heavy atom. The van der Waals surface area contributed by atoms with E-state index in [0.717, 1.165) is 55.3 Å². The Morgan fingerprint density at radius 1 is 1.00 bits per heavy atom. The fraction of sp³-hybridized carbons (Fsp3) is 0.846. The molecule has 0 N–H and O–H groups in total. The third-order valence-corrected chi connectivity index (χ3v) is 12.0. The van der Waals surface area contributed by atoms with Crippen molar-refractivity contribution in [2.24, 2.45) is 57.7 Å². The quantitative estimate of drug-likeness (QED) is 0.562. The van der Waals surface area contributed by atoms with Crippen LogP contribution in [0.5, 0.6) is 0 Å². The van der Waals surface area contributed by atoms with Gasteiger partial charge in [-0.2, -0.15) is 0 Å². The van der Waals surface area contributed by atoms with Crippen LogP contribution in [0.1, 0.15) is 71.6 Å². The first-order valence-electron chi connectivity index (χ1n) is 12.3. The van der Waals surface area contributed by atoms with Crippen molar-refractivity contribution in [3.8, 4) is 0 Å². The maximum absolute atomic E-state index is 12.9. The number of rotatable bonds is 0. The molecule has 3 heteroatoms. The Morgan fingerprint density at radius 2 is 1.83 bits per heavy atom. The molecule has 8 rings (SSSR count). The molecule has 0 aromatic carbocycles. The van der Waals surface area contributed by atoms with E-state index >= 15 is 0 Å². The van der Waals surface area contributed by atoms with Gasteiger partial charge in [-0.1, -0.05) is 19.4 Å². The summed E-state index contributed by atoms with van der Waals surface area (Å²) in [4.78, 5) is 25.1. The molecule has 3 nitrogen and oxygen atoms in total. The van der Waals surface area contributed by atoms with Crippen molar-refractivity contribution in [3.05, 3.63) is 11.6 Å². The molecule has 0 aromatic heterocycles. The number of ketones is 1. The lowest BCUT2D eigenvalue weighted by molar-refractivity contribution is -0.178. The highest BCUT2D eigenvalue weighted by molar-refractivity contribution is 5.99. The maximum Gasteiger partial charge on any atom is 0.306 e. The van der Waals surface area contributed by atoms with Gasteiger partial charge in [0.05, 0.1) is 0 Å². The average Bonchev–Trinajstić information content (AvgIpc) is 3.58. The molecule has 7 fully saturated rings. The Balaban J connectivity index is 1.24. The summed E-state index contributed by atoms with van der Waals surface area (Å²) in [5.74, 6) is 5.76. The fourth-order valence-corrected chi connectivity index (χ4v) is 10.7. The van der Waals surface area contributed by atoms with Crippen LogP contribution in [-0.4, -0.2) is 17.4 Å². The molecule has 1 heterocycles. The van der Waals surface area contributed by atoms with Crippen molar-refractivity contribution in [1.82, 2.24) is 0 Å². The third-order valence-electron chi connectivity index (χ3n) is 12.0. The Bertz CT molecular complexity index is 928. The zero-order valence-electron chi connectivity index (χ0n) is 17.7. The molecule has 0 radical (unpaired) electrons. The van der Waals surface area contributed by atoms with Crippen LogP contribution >= 0.6 is 0 Å². The Labute approximate surface area is 173 Å². The molecule has 7 unspecified atom stereocenters. The Hall–Kier alpha value is -1.12. The lowest BCUT2D eigenvalue weighted by Crippen LogP contribution is -2.58. The number of carbonyl (C=O) groups excluding carboxylic acids is 2. The number of allylic oxidation sites excluding steroid dienone is 1. The second kappa shape index (κ2) is 4.41. The molecule has 0 amide bonds. The third kappa shape index (κ3) is 1.60. The summed E-state index contributed by atoms with van der Waals surface area (Å²) in [6.45, 7) is 5.06. The molecule has 1 aliphatic heterocycles. The summed E-state index contributed by atoms with van der Waals surface area (Å²) in [5.41, 5.74) is 1.89. The molecule has 154 valence electrons. The van der Waals surface area contributed by atoms with E-state index in [1.807, 2.05) is 0 Å². The molecule has 6 saturated carbocycles. The monoisotopic (exact) mass is 392 g/mol. The van der Waals surface area contributed by atoms with Crippen LogP contribution in [0.4, 0.5) is 0 Å². The van der Waals surface area contributed by atoms with Crippen LogP contribution in [0.25, 0.3) is 0 Å². The van der Waals surface area contributed by atoms with Crippen LogP contribution in [-0.2, 0) is 14.3 Å². The van der Waals surface area contributed by atoms with E-state index in [-0.39, 0.29) is 27.8 Å². The summed E-state index contributed by atoms with van der Waals surface area (Å²) >= 11 is 0. The molecule has 0 bridgehead atoms. The highest BCUT2D eigenvalue weighted by Crippen LogP contribution is 2.83. The summed E-state index contributed by atoms with van der Waals surface area (Å²) in [5, 5.41) is 0. The molecular formula is C26H32O3. The minimum absolute atomic E-state index is 0.0191. The van der Waals surface area contributed by atoms with E-state index < -0.39 is 0 Å². The smallest absolute Gasteiger partial charge is 0.306 e. The van der Waals surface area contributed by atoms with E-state index in [2.05, 4.69) is 19.9 Å². The summed E-state index contributed by atoms with van der Waals surface area (Å²) < 4.78 is 6.26. The minimum atomic E-state index is -0.133. The van der Waals surface area contributed by atoms with Gasteiger partial charge in [0, 0.05) is 23.2 Å². The van der Waals surface area contributed by atoms with Gasteiger partial charge in [-0.25, -0.2) is 0 Å². The van der Waals surface area contributed by atoms with E-state index in [4.69, 9.17) is 4.74 Å². The average molecular weight is 393 g/mol. The zero-order valence-corrected chi connectivity index (χ0v) is 17.7. The molecule has 2 spiro atoms. The van der Waals surface area contributed by atoms with Gasteiger partial charge in [0.1, 0.15) is 5.60 Å². The number of carbonyl (C=O) groups is 2. The topological polar surface area (TPSA) is 43.4 Å². The number of hydrogen-bond acceptors (Lipinski definition) is 3. The van der Waals surface area contributed by atoms with Crippen LogP contribution in [0, 0.1) is 57.7 Å². The predicted octanol–water partition coefficient (Wildman–Crippen LogP) is 4.70. The SMILES string of the molecule is C[C@]12CC3(CC3)C(=O)C=C1C1CC1C1C2CC[C@@]2(C)C1C1CC1[C@@]21CCC(=O)O1. The molecule has 7 aliphatic carbocycles. The standard InChI is InChI=1S/C26H32O3/c1-23-12-25(7-8-25)19(27)11-17(23)13-9-14(13)21-16(23)3-5-24(2)22(21)15-10-18(15)26(24)6-4-20(28)29-26/h11,13-16,18,21-22H,3-10,12H2,1-2H3/t13?,14?,15?,16?,18?,21?,22?,23-,24+,26+/m1/s1. The molecule has 29 heavy (non-hydrogen) atoms. The molecule has 10 atom stereocenters. The van der Waals surface area contributed by atoms with Gasteiger partial charge in [-0.05, 0) is 98.4 Å². The minimum Gasteiger partial charge on any atom is -0.458 e. The van der Waals surface area contributed by atoms with Crippen molar-refractivity contribution < 1.29 is 14.3 Å². The summed E-state index contributed by atoms with van der Waals surface area (Å²) in [6, 6.07) is 0. The van der Waals surface area contributed by atoms with Crippen molar-refractivity contribution in [1.29, 1.82) is 0 Å². The van der Waals surface area contributed by atoms with Crippen molar-refractivity contribution in [3.63, 3.8) is 0 Å². The predicted molar refractivity (Wildman–Crippen MR) is 107 cm³/mol. The molecular weight excluding hydrogens is 360 g/mol. The van der Waals surface area contributed by atoms with E-state index in [1.165, 1.54) is 25.7 Å². The second-order valence-corrected chi connectivity index (χ2v) is 12.9. The normalized spacial score (nSPS) is 61.9. The van der Waals surface area contributed by atoms with E-state index in [1.54, 1.807) is 5.57 Å². The zero-order chi connectivity index (χ0) is 19.6. The first kappa shape index (κ1) is 16.6. The number of ether oxygens (including phenoxy) is 1. The van der Waals surface area contributed by atoms with E-state index in [0.29, 0.717) is 24.0 Å². The van der Waals surface area contributed by atoms with Crippen molar-refractivity contribution in [2.45, 2.75) is 77.2 Å². The van der Waals surface area contributed by atoms with Crippen LogP contribution in [0.2, 0.25) is 0 Å². The van der Waals surface area contributed by atoms with Gasteiger partial charge in [0.2, 0.25) is 0 Å². The fourth-order valence-electron chi connectivity index (χ4n) is 10.7. The van der Waals surface area contributed by atoms with Crippen LogP contribution in [0.15, 0.2) is 11.6 Å². The van der Waals surface area contributed by atoms with Gasteiger partial charge >= 0.3 is 5.97 Å². The van der Waals surface area contributed by atoms with Gasteiger partial charge in [0.15, 0.2) is 5.78 Å². The summed E-state index contributed by atoms with van der Waals surface area (Å²) in [7, 11) is 0. The lowest BCUT2D eigenvalue weighted by Gasteiger charge is -2.60. The van der Waals surface area contributed by atoms with Crippen LogP contribution in [0.3, 0.4) is 0 Å². The van der Waals surface area contributed by atoms with Crippen LogP contribution < -0.4 is 0 Å². The molecule has 8 aliphatic rings. The summed E-state index contributed by atoms with van der Waals surface area (Å²) in [6.07, 6.45) is 12.3. The molecule has 0 aromatic rings. The second-order valence-electron chi connectivity index (χ2n) is 12.9. The maximum atomic E-state index is 12.9. The number of hydrogen-bond donors (Lipinski definition) is 0. The first-order chi connectivity index (χ1) is 13.8. The van der Waals surface area contributed by atoms with Gasteiger partial charge in [-0.3, -0.25) is 9.59 Å². The van der Waals surface area contributed by atoms with Gasteiger partial charge in [0.25, 0.3) is 0 Å². The van der Waals surface area contributed by atoms with Crippen molar-refractivity contribution in [2.75, 3.05) is 0 Å². The highest BCUT2D eigenvalue weighted by Gasteiger charge is 2.81. The largest absolute Gasteiger partial charge is 0.458 e. The Kier molecular flexibility index (Phi) is 2.52. The molecule has 1 saturated heterocycles. The number of esters is 1. The van der Waals surface area contributed by atoms with E-state index in [9.17, 15) is 9.59 Å². The van der Waals surface area contributed by atoms with Gasteiger partial charge < -0.3 is 4.74 Å². The number of fused-ring (bicyclic) bond motifs is 12. The van der Waals surface area contributed by atoms with Gasteiger partial charge in [-0.15, -0.1) is 0 Å². The first-order valence-corrected chi connectivity index (χ1v) is 12.3.